The number of nitrogens with zero attached hydrogens (tertiary/aromatic N) is 4. The van der Waals surface area contributed by atoms with Crippen molar-refractivity contribution in [2.24, 2.45) is 0 Å². The number of hydrogen-bond acceptors (Lipinski definition) is 5. The van der Waals surface area contributed by atoms with Crippen molar-refractivity contribution < 1.29 is 4.79 Å². The number of hydrogen-bond donors (Lipinski definition) is 1. The van der Waals surface area contributed by atoms with Crippen LogP contribution in [0.2, 0.25) is 0 Å². The second-order valence-electron chi connectivity index (χ2n) is 5.16. The summed E-state index contributed by atoms with van der Waals surface area (Å²) in [4.78, 5) is 26.7. The molecule has 1 N–H and O–H groups in total. The molecular formula is C18H17N5O. The summed E-state index contributed by atoms with van der Waals surface area (Å²) in [5.41, 5.74) is 2.06. The van der Waals surface area contributed by atoms with Crippen LogP contribution in [0.3, 0.4) is 0 Å². The fourth-order valence-corrected chi connectivity index (χ4v) is 2.16. The van der Waals surface area contributed by atoms with Crippen molar-refractivity contribution in [2.75, 3.05) is 11.9 Å². The van der Waals surface area contributed by atoms with Gasteiger partial charge in [0.1, 0.15) is 5.69 Å². The monoisotopic (exact) mass is 319 g/mol. The third-order valence-electron chi connectivity index (χ3n) is 3.51. The number of carbonyl (C=O) groups excluding carboxylic acids is 1. The number of aromatic nitrogens is 3. The van der Waals surface area contributed by atoms with Crippen LogP contribution < -0.4 is 10.2 Å². The van der Waals surface area contributed by atoms with E-state index in [1.165, 1.54) is 6.20 Å². The topological polar surface area (TPSA) is 71.0 Å². The van der Waals surface area contributed by atoms with Crippen molar-refractivity contribution in [3.63, 3.8) is 0 Å². The van der Waals surface area contributed by atoms with Gasteiger partial charge in [-0.2, -0.15) is 0 Å². The first-order valence-corrected chi connectivity index (χ1v) is 7.53. The molecule has 1 amide bonds. The Hall–Kier alpha value is -3.28. The molecule has 6 heteroatoms. The first kappa shape index (κ1) is 15.6. The van der Waals surface area contributed by atoms with E-state index in [-0.39, 0.29) is 11.6 Å². The molecular weight excluding hydrogens is 302 g/mol. The molecule has 1 aromatic carbocycles. The van der Waals surface area contributed by atoms with Gasteiger partial charge in [0.25, 0.3) is 5.91 Å². The molecule has 24 heavy (non-hydrogen) atoms. The van der Waals surface area contributed by atoms with Gasteiger partial charge in [-0.1, -0.05) is 24.3 Å². The second kappa shape index (κ2) is 7.32. The number of pyridine rings is 1. The lowest BCUT2D eigenvalue weighted by molar-refractivity contribution is 0.0945. The first-order valence-electron chi connectivity index (χ1n) is 7.53. The van der Waals surface area contributed by atoms with Gasteiger partial charge < -0.3 is 10.2 Å². The number of amides is 1. The summed E-state index contributed by atoms with van der Waals surface area (Å²) in [5.74, 6) is 0.393. The molecule has 0 fully saturated rings. The molecule has 3 aromatic rings. The summed E-state index contributed by atoms with van der Waals surface area (Å²) < 4.78 is 0. The minimum absolute atomic E-state index is 0.274. The summed E-state index contributed by atoms with van der Waals surface area (Å²) in [6.45, 7) is 0.354. The number of benzene rings is 1. The zero-order valence-electron chi connectivity index (χ0n) is 13.3. The van der Waals surface area contributed by atoms with E-state index < -0.39 is 0 Å². The second-order valence-corrected chi connectivity index (χ2v) is 5.16. The molecule has 6 nitrogen and oxygen atoms in total. The molecule has 3 rings (SSSR count). The highest BCUT2D eigenvalue weighted by Gasteiger charge is 2.10. The van der Waals surface area contributed by atoms with Gasteiger partial charge >= 0.3 is 0 Å². The highest BCUT2D eigenvalue weighted by Crippen LogP contribution is 2.19. The minimum Gasteiger partial charge on any atom is -0.345 e. The Bertz CT molecular complexity index is 791. The molecule has 0 aliphatic rings. The van der Waals surface area contributed by atoms with Crippen molar-refractivity contribution in [1.29, 1.82) is 0 Å². The van der Waals surface area contributed by atoms with Crippen molar-refractivity contribution in [1.82, 2.24) is 20.3 Å². The van der Waals surface area contributed by atoms with Crippen molar-refractivity contribution in [3.05, 3.63) is 78.5 Å². The molecule has 0 bridgehead atoms. The van der Waals surface area contributed by atoms with Gasteiger partial charge in [0.2, 0.25) is 0 Å². The molecule has 0 atom stereocenters. The largest absolute Gasteiger partial charge is 0.345 e. The zero-order chi connectivity index (χ0) is 16.8. The fraction of sp³-hybridized carbons (Fsp3) is 0.111. The van der Waals surface area contributed by atoms with Crippen LogP contribution in [0.1, 0.15) is 16.2 Å². The van der Waals surface area contributed by atoms with Crippen LogP contribution in [-0.4, -0.2) is 27.9 Å². The minimum atomic E-state index is -0.276. The lowest BCUT2D eigenvalue weighted by atomic mass is 10.3. The quantitative estimate of drug-likeness (QED) is 0.782. The maximum absolute atomic E-state index is 12.1. The number of rotatable bonds is 5. The standard InChI is InChI=1S/C18H17N5O/c1-23(15-8-3-2-4-9-15)17-13-20-16(12-21-17)18(24)22-11-14-7-5-6-10-19-14/h2-10,12-13H,11H2,1H3,(H,22,24). The van der Waals surface area contributed by atoms with Crippen LogP contribution in [0.25, 0.3) is 0 Å². The molecule has 2 aromatic heterocycles. The Morgan fingerprint density at radius 3 is 2.46 bits per heavy atom. The Morgan fingerprint density at radius 2 is 1.79 bits per heavy atom. The lowest BCUT2D eigenvalue weighted by Gasteiger charge is -2.17. The molecule has 0 saturated carbocycles. The van der Waals surface area contributed by atoms with Gasteiger partial charge in [-0.15, -0.1) is 0 Å². The predicted octanol–water partition coefficient (Wildman–Crippen LogP) is 2.57. The van der Waals surface area contributed by atoms with Crippen LogP contribution in [0.5, 0.6) is 0 Å². The summed E-state index contributed by atoms with van der Waals surface area (Å²) >= 11 is 0. The molecule has 0 saturated heterocycles. The van der Waals surface area contributed by atoms with E-state index in [1.807, 2.05) is 60.5 Å². The van der Waals surface area contributed by atoms with Gasteiger partial charge in [0.15, 0.2) is 5.82 Å². The van der Waals surface area contributed by atoms with Crippen molar-refractivity contribution in [2.45, 2.75) is 6.54 Å². The van der Waals surface area contributed by atoms with Crippen LogP contribution >= 0.6 is 0 Å². The smallest absolute Gasteiger partial charge is 0.271 e. The third kappa shape index (κ3) is 3.73. The molecule has 0 unspecified atom stereocenters. The number of para-hydroxylation sites is 1. The molecule has 0 radical (unpaired) electrons. The van der Waals surface area contributed by atoms with E-state index in [9.17, 15) is 4.79 Å². The van der Waals surface area contributed by atoms with Crippen LogP contribution in [0.4, 0.5) is 11.5 Å². The average Bonchev–Trinajstić information content (AvgIpc) is 2.67. The molecule has 2 heterocycles. The van der Waals surface area contributed by atoms with E-state index in [2.05, 4.69) is 20.3 Å². The van der Waals surface area contributed by atoms with Gasteiger partial charge in [0, 0.05) is 18.9 Å². The molecule has 0 aliphatic carbocycles. The Morgan fingerprint density at radius 1 is 1.00 bits per heavy atom. The third-order valence-corrected chi connectivity index (χ3v) is 3.51. The SMILES string of the molecule is CN(c1ccccc1)c1cnc(C(=O)NCc2ccccn2)cn1. The number of nitrogens with one attached hydrogen (secondary N) is 1. The van der Waals surface area contributed by atoms with E-state index >= 15 is 0 Å². The Kier molecular flexibility index (Phi) is 4.76. The van der Waals surface area contributed by atoms with Crippen LogP contribution in [-0.2, 0) is 6.54 Å². The molecule has 120 valence electrons. The molecule has 0 spiro atoms. The first-order chi connectivity index (χ1) is 11.7. The van der Waals surface area contributed by atoms with Crippen molar-refractivity contribution >= 4 is 17.4 Å². The van der Waals surface area contributed by atoms with Gasteiger partial charge in [-0.3, -0.25) is 9.78 Å². The van der Waals surface area contributed by atoms with E-state index in [1.54, 1.807) is 12.4 Å². The number of carbonyl (C=O) groups is 1. The number of anilines is 2. The van der Waals surface area contributed by atoms with Gasteiger partial charge in [-0.05, 0) is 24.3 Å². The highest BCUT2D eigenvalue weighted by atomic mass is 16.1. The van der Waals surface area contributed by atoms with Crippen molar-refractivity contribution in [3.8, 4) is 0 Å². The maximum Gasteiger partial charge on any atom is 0.271 e. The Balaban J connectivity index is 1.64. The van der Waals surface area contributed by atoms with Gasteiger partial charge in [-0.25, -0.2) is 9.97 Å². The van der Waals surface area contributed by atoms with Crippen LogP contribution in [0, 0.1) is 0 Å². The van der Waals surface area contributed by atoms with E-state index in [4.69, 9.17) is 0 Å². The van der Waals surface area contributed by atoms with E-state index in [0.717, 1.165) is 11.4 Å². The summed E-state index contributed by atoms with van der Waals surface area (Å²) in [6, 6.07) is 15.4. The highest BCUT2D eigenvalue weighted by molar-refractivity contribution is 5.92. The Labute approximate surface area is 140 Å². The summed E-state index contributed by atoms with van der Waals surface area (Å²) in [6.07, 6.45) is 4.75. The predicted molar refractivity (Wildman–Crippen MR) is 91.9 cm³/mol. The maximum atomic E-state index is 12.1. The average molecular weight is 319 g/mol. The molecule has 0 aliphatic heterocycles. The van der Waals surface area contributed by atoms with Crippen LogP contribution in [0.15, 0.2) is 67.1 Å². The fourth-order valence-electron chi connectivity index (χ4n) is 2.16. The lowest BCUT2D eigenvalue weighted by Crippen LogP contribution is -2.24. The normalized spacial score (nSPS) is 10.2. The summed E-state index contributed by atoms with van der Waals surface area (Å²) in [7, 11) is 1.90. The van der Waals surface area contributed by atoms with E-state index in [0.29, 0.717) is 12.4 Å². The zero-order valence-corrected chi connectivity index (χ0v) is 13.3. The van der Waals surface area contributed by atoms with Gasteiger partial charge in [0.05, 0.1) is 24.6 Å². The summed E-state index contributed by atoms with van der Waals surface area (Å²) in [5, 5.41) is 2.78.